The first kappa shape index (κ1) is 12.0. The van der Waals surface area contributed by atoms with E-state index in [9.17, 15) is 0 Å². The molecule has 0 atom stereocenters. The van der Waals surface area contributed by atoms with Gasteiger partial charge in [0, 0.05) is 20.6 Å². The number of hydrogen-bond donors (Lipinski definition) is 2. The molecule has 0 bridgehead atoms. The summed E-state index contributed by atoms with van der Waals surface area (Å²) in [6.45, 7) is 2.20. The van der Waals surface area contributed by atoms with Crippen molar-refractivity contribution in [3.63, 3.8) is 0 Å². The molecule has 0 aliphatic carbocycles. The third-order valence-electron chi connectivity index (χ3n) is 2.47. The first-order valence-electron chi connectivity index (χ1n) is 5.49. The van der Waals surface area contributed by atoms with Gasteiger partial charge in [-0.3, -0.25) is 4.99 Å². The molecule has 0 aliphatic rings. The number of nitrogens with zero attached hydrogens (tertiary/aromatic N) is 2. The Labute approximate surface area is 92.1 Å². The van der Waals surface area contributed by atoms with Crippen molar-refractivity contribution in [3.8, 4) is 0 Å². The second-order valence-electron chi connectivity index (χ2n) is 4.01. The highest BCUT2D eigenvalue weighted by Crippen LogP contribution is 2.22. The summed E-state index contributed by atoms with van der Waals surface area (Å²) in [4.78, 5) is 6.39. The summed E-state index contributed by atoms with van der Waals surface area (Å²) >= 11 is 0. The van der Waals surface area contributed by atoms with Crippen LogP contribution in [0.2, 0.25) is 0 Å². The van der Waals surface area contributed by atoms with Gasteiger partial charge in [0.05, 0.1) is 11.4 Å². The molecule has 0 fully saturated rings. The van der Waals surface area contributed by atoms with E-state index in [1.165, 1.54) is 24.2 Å². The molecule has 2 N–H and O–H groups in total. The van der Waals surface area contributed by atoms with Crippen molar-refractivity contribution in [1.82, 2.24) is 4.90 Å². The number of nitrogens with one attached hydrogen (secondary N) is 2. The van der Waals surface area contributed by atoms with Crippen molar-refractivity contribution in [2.75, 3.05) is 51.9 Å². The highest BCUT2D eigenvalue weighted by atomic mass is 15.0. The molecular weight excluding hydrogens is 188 g/mol. The summed E-state index contributed by atoms with van der Waals surface area (Å²) in [6, 6.07) is 0. The normalized spacial score (nSPS) is 12.7. The highest BCUT2D eigenvalue weighted by molar-refractivity contribution is 5.82. The van der Waals surface area contributed by atoms with Crippen molar-refractivity contribution in [3.05, 3.63) is 5.36 Å². The Kier molecular flexibility index (Phi) is 4.62. The van der Waals surface area contributed by atoms with E-state index in [4.69, 9.17) is 0 Å². The van der Waals surface area contributed by atoms with Gasteiger partial charge in [-0.2, -0.15) is 0 Å². The molecule has 0 saturated carbocycles. The van der Waals surface area contributed by atoms with Crippen molar-refractivity contribution >= 4 is 11.4 Å². The van der Waals surface area contributed by atoms with E-state index in [0.717, 1.165) is 18.4 Å². The van der Waals surface area contributed by atoms with Crippen LogP contribution in [0, 0.1) is 0 Å². The van der Waals surface area contributed by atoms with Crippen LogP contribution in [0.4, 0.5) is 11.4 Å². The molecule has 0 aromatic heterocycles. The standard InChI is InChI=1S/C11H22N4/c1-12-9-10(13-2)11(9)14-7-5-6-8-15(3)4/h12,14H,5-8H2,1-4H3. The Hall–Kier alpha value is -1.03. The van der Waals surface area contributed by atoms with Crippen LogP contribution in [0.1, 0.15) is 12.8 Å². The Bertz CT molecular complexity index is 308. The molecule has 1 rings (SSSR count). The summed E-state index contributed by atoms with van der Waals surface area (Å²) in [5.74, 6) is 0. The first-order valence-corrected chi connectivity index (χ1v) is 5.49. The summed E-state index contributed by atoms with van der Waals surface area (Å²) in [5.41, 5.74) is 2.37. The van der Waals surface area contributed by atoms with Gasteiger partial charge in [-0.05, 0) is 33.5 Å². The smallest absolute Gasteiger partial charge is 0.108 e. The molecule has 0 heterocycles. The van der Waals surface area contributed by atoms with E-state index in [0.29, 0.717) is 0 Å². The molecule has 0 aliphatic heterocycles. The molecule has 0 spiro atoms. The molecule has 0 saturated heterocycles. The Balaban J connectivity index is 2.13. The number of hydrogen-bond acceptors (Lipinski definition) is 4. The van der Waals surface area contributed by atoms with Gasteiger partial charge in [-0.1, -0.05) is 0 Å². The minimum atomic E-state index is 1.04. The molecule has 4 nitrogen and oxygen atoms in total. The minimum Gasteiger partial charge on any atom is -0.385 e. The van der Waals surface area contributed by atoms with Crippen LogP contribution in [0.5, 0.6) is 0 Å². The lowest BCUT2D eigenvalue weighted by atomic mass is 10.3. The maximum absolute atomic E-state index is 4.17. The largest absolute Gasteiger partial charge is 0.385 e. The predicted octanol–water partition coefficient (Wildman–Crippen LogP) is 0.888. The molecule has 4 heteroatoms. The topological polar surface area (TPSA) is 39.7 Å². The fourth-order valence-corrected chi connectivity index (χ4v) is 1.58. The molecule has 15 heavy (non-hydrogen) atoms. The van der Waals surface area contributed by atoms with Crippen molar-refractivity contribution in [2.45, 2.75) is 12.8 Å². The fourth-order valence-electron chi connectivity index (χ4n) is 1.58. The molecular formula is C11H22N4. The highest BCUT2D eigenvalue weighted by Gasteiger charge is 2.16. The average Bonchev–Trinajstić information content (AvgIpc) is 2.89. The van der Waals surface area contributed by atoms with Crippen molar-refractivity contribution < 1.29 is 0 Å². The van der Waals surface area contributed by atoms with Gasteiger partial charge >= 0.3 is 0 Å². The second-order valence-corrected chi connectivity index (χ2v) is 4.01. The lowest BCUT2D eigenvalue weighted by molar-refractivity contribution is 0.396. The van der Waals surface area contributed by atoms with Gasteiger partial charge in [0.1, 0.15) is 5.36 Å². The Morgan fingerprint density at radius 2 is 1.93 bits per heavy atom. The third kappa shape index (κ3) is 3.55. The molecule has 86 valence electrons. The summed E-state index contributed by atoms with van der Waals surface area (Å²) < 4.78 is 0. The van der Waals surface area contributed by atoms with E-state index in [2.05, 4.69) is 34.6 Å². The molecule has 1 aromatic carbocycles. The maximum Gasteiger partial charge on any atom is 0.108 e. The van der Waals surface area contributed by atoms with Gasteiger partial charge in [-0.15, -0.1) is 0 Å². The lowest BCUT2D eigenvalue weighted by Crippen LogP contribution is -2.14. The van der Waals surface area contributed by atoms with Gasteiger partial charge < -0.3 is 15.5 Å². The van der Waals surface area contributed by atoms with Crippen LogP contribution in [0.3, 0.4) is 0 Å². The molecule has 0 radical (unpaired) electrons. The van der Waals surface area contributed by atoms with Crippen LogP contribution in [0.25, 0.3) is 0 Å². The van der Waals surface area contributed by atoms with E-state index < -0.39 is 0 Å². The number of rotatable bonds is 7. The van der Waals surface area contributed by atoms with E-state index in [1.807, 2.05) is 14.1 Å². The monoisotopic (exact) mass is 210 g/mol. The van der Waals surface area contributed by atoms with Gasteiger partial charge in [0.2, 0.25) is 0 Å². The van der Waals surface area contributed by atoms with Crippen LogP contribution in [-0.2, 0) is 0 Å². The van der Waals surface area contributed by atoms with Crippen LogP contribution >= 0.6 is 0 Å². The van der Waals surface area contributed by atoms with Crippen LogP contribution in [-0.4, -0.2) is 46.2 Å². The summed E-state index contributed by atoms with van der Waals surface area (Å²) in [7, 11) is 7.98. The molecule has 0 amide bonds. The zero-order valence-corrected chi connectivity index (χ0v) is 10.2. The summed E-state index contributed by atoms with van der Waals surface area (Å²) in [6.07, 6.45) is 2.44. The van der Waals surface area contributed by atoms with E-state index in [1.54, 1.807) is 0 Å². The van der Waals surface area contributed by atoms with E-state index >= 15 is 0 Å². The third-order valence-corrected chi connectivity index (χ3v) is 2.47. The van der Waals surface area contributed by atoms with Crippen molar-refractivity contribution in [2.24, 2.45) is 4.99 Å². The fraction of sp³-hybridized carbons (Fsp3) is 0.727. The Morgan fingerprint density at radius 3 is 2.40 bits per heavy atom. The minimum absolute atomic E-state index is 1.04. The van der Waals surface area contributed by atoms with Gasteiger partial charge in [0.15, 0.2) is 0 Å². The molecule has 1 aromatic rings. The van der Waals surface area contributed by atoms with Gasteiger partial charge in [0.25, 0.3) is 0 Å². The Morgan fingerprint density at radius 1 is 1.20 bits per heavy atom. The number of unbranched alkanes of at least 4 members (excludes halogenated alkanes) is 1. The lowest BCUT2D eigenvalue weighted by Gasteiger charge is -2.08. The second kappa shape index (κ2) is 5.75. The summed E-state index contributed by atoms with van der Waals surface area (Å²) in [5, 5.41) is 7.63. The maximum atomic E-state index is 4.17. The zero-order chi connectivity index (χ0) is 11.3. The zero-order valence-electron chi connectivity index (χ0n) is 10.2. The SMILES string of the molecule is CN=c1c(NC)c1NCCCCN(C)C. The van der Waals surface area contributed by atoms with Crippen molar-refractivity contribution in [1.29, 1.82) is 0 Å². The quantitative estimate of drug-likeness (QED) is 0.657. The number of anilines is 2. The van der Waals surface area contributed by atoms with Crippen LogP contribution < -0.4 is 16.0 Å². The van der Waals surface area contributed by atoms with Crippen LogP contribution in [0.15, 0.2) is 4.99 Å². The first-order chi connectivity index (χ1) is 7.20. The average molecular weight is 210 g/mol. The predicted molar refractivity (Wildman–Crippen MR) is 66.1 cm³/mol. The van der Waals surface area contributed by atoms with E-state index in [-0.39, 0.29) is 0 Å². The van der Waals surface area contributed by atoms with Gasteiger partial charge in [-0.25, -0.2) is 0 Å². The molecule has 0 unspecified atom stereocenters.